The first kappa shape index (κ1) is 14.4. The van der Waals surface area contributed by atoms with Crippen molar-refractivity contribution >= 4 is 23.8 Å². The fourth-order valence-corrected chi connectivity index (χ4v) is 1.92. The summed E-state index contributed by atoms with van der Waals surface area (Å²) >= 11 is 0. The zero-order valence-corrected chi connectivity index (χ0v) is 10.8. The van der Waals surface area contributed by atoms with E-state index >= 15 is 0 Å². The molecule has 0 amide bonds. The Morgan fingerprint density at radius 3 is 1.62 bits per heavy atom. The van der Waals surface area contributed by atoms with Crippen molar-refractivity contribution in [1.29, 1.82) is 0 Å². The monoisotopic (exact) mass is 282 g/mol. The van der Waals surface area contributed by atoms with Gasteiger partial charge in [-0.15, -0.1) is 0 Å². The lowest BCUT2D eigenvalue weighted by molar-refractivity contribution is -0.162. The van der Waals surface area contributed by atoms with E-state index in [2.05, 4.69) is 0 Å². The Hall–Kier alpha value is -3.00. The van der Waals surface area contributed by atoms with Crippen LogP contribution in [0.1, 0.15) is 0 Å². The van der Waals surface area contributed by atoms with Gasteiger partial charge in [0.2, 0.25) is 0 Å². The second-order valence-electron chi connectivity index (χ2n) is 4.30. The molecule has 0 heterocycles. The van der Waals surface area contributed by atoms with E-state index in [9.17, 15) is 19.2 Å². The molecule has 2 rings (SSSR count). The average molecular weight is 282 g/mol. The van der Waals surface area contributed by atoms with Crippen LogP contribution in [0, 0.1) is 11.8 Å². The van der Waals surface area contributed by atoms with Gasteiger partial charge in [0.05, 0.1) is 11.1 Å². The predicted octanol–water partition coefficient (Wildman–Crippen LogP) is 1.06. The minimum absolute atomic E-state index is 0.0838. The molecule has 0 aliphatic heterocycles. The van der Waals surface area contributed by atoms with Gasteiger partial charge in [0.1, 0.15) is 23.7 Å². The molecule has 2 unspecified atom stereocenters. The molecule has 5 nitrogen and oxygen atoms in total. The molecule has 0 aromatic rings. The van der Waals surface area contributed by atoms with E-state index < -0.39 is 23.8 Å². The Balaban J connectivity index is 2.11. The van der Waals surface area contributed by atoms with Crippen molar-refractivity contribution in [1.82, 2.24) is 0 Å². The molecule has 0 aromatic carbocycles. The SMILES string of the molecule is O=C=C1C=CC=CC1C(=O)OC(=O)C1C=CC=CC1=C=O. The van der Waals surface area contributed by atoms with Crippen molar-refractivity contribution in [2.24, 2.45) is 11.8 Å². The van der Waals surface area contributed by atoms with Gasteiger partial charge in [-0.2, -0.15) is 0 Å². The lowest BCUT2D eigenvalue weighted by Gasteiger charge is -2.15. The summed E-state index contributed by atoms with van der Waals surface area (Å²) in [6.07, 6.45) is 12.0. The molecule has 2 aliphatic carbocycles. The van der Waals surface area contributed by atoms with Gasteiger partial charge in [-0.3, -0.25) is 9.59 Å². The Bertz CT molecular complexity index is 632. The van der Waals surface area contributed by atoms with Gasteiger partial charge in [0.25, 0.3) is 0 Å². The fraction of sp³-hybridized carbons (Fsp3) is 0.125. The number of esters is 2. The van der Waals surface area contributed by atoms with Gasteiger partial charge in [-0.1, -0.05) is 36.5 Å². The van der Waals surface area contributed by atoms with E-state index in [1.807, 2.05) is 0 Å². The minimum Gasteiger partial charge on any atom is -0.392 e. The van der Waals surface area contributed by atoms with E-state index in [1.54, 1.807) is 36.2 Å². The molecule has 104 valence electrons. The molecular weight excluding hydrogens is 272 g/mol. The Morgan fingerprint density at radius 1 is 0.810 bits per heavy atom. The van der Waals surface area contributed by atoms with Crippen LogP contribution in [0.5, 0.6) is 0 Å². The molecule has 0 N–H and O–H groups in total. The molecule has 2 aliphatic rings. The topological polar surface area (TPSA) is 77.5 Å². The third-order valence-corrected chi connectivity index (χ3v) is 3.00. The summed E-state index contributed by atoms with van der Waals surface area (Å²) in [6, 6.07) is 0. The number of rotatable bonds is 2. The third kappa shape index (κ3) is 3.12. The maximum absolute atomic E-state index is 11.9. The molecule has 0 bridgehead atoms. The highest BCUT2D eigenvalue weighted by molar-refractivity contribution is 5.95. The molecule has 5 heteroatoms. The second kappa shape index (κ2) is 6.44. The third-order valence-electron chi connectivity index (χ3n) is 3.00. The number of carbonyl (C=O) groups is 2. The summed E-state index contributed by atoms with van der Waals surface area (Å²) in [5, 5.41) is 0. The van der Waals surface area contributed by atoms with Crippen LogP contribution in [-0.4, -0.2) is 23.8 Å². The fourth-order valence-electron chi connectivity index (χ4n) is 1.92. The molecular formula is C16H10O5. The summed E-state index contributed by atoms with van der Waals surface area (Å²) < 4.78 is 4.75. The van der Waals surface area contributed by atoms with E-state index in [4.69, 9.17) is 4.74 Å². The molecule has 0 aromatic heterocycles. The first-order valence-electron chi connectivity index (χ1n) is 6.12. The molecule has 0 saturated heterocycles. The standard InChI is InChI=1S/C16H10O5/c17-9-11-5-1-3-7-13(11)15(19)21-16(20)14-8-4-2-6-12(14)10-18/h1-8,13-14H. The lowest BCUT2D eigenvalue weighted by atomic mass is 9.94. The molecule has 21 heavy (non-hydrogen) atoms. The number of hydrogen-bond donors (Lipinski definition) is 0. The summed E-state index contributed by atoms with van der Waals surface area (Å²) in [4.78, 5) is 45.4. The Labute approximate surface area is 120 Å². The molecule has 0 fully saturated rings. The highest BCUT2D eigenvalue weighted by atomic mass is 16.6. The first-order valence-corrected chi connectivity index (χ1v) is 6.12. The van der Waals surface area contributed by atoms with Gasteiger partial charge >= 0.3 is 11.9 Å². The molecule has 0 spiro atoms. The van der Waals surface area contributed by atoms with Gasteiger partial charge < -0.3 is 4.74 Å². The highest BCUT2D eigenvalue weighted by Gasteiger charge is 2.30. The number of ether oxygens (including phenoxy) is 1. The normalized spacial score (nSPS) is 22.7. The quantitative estimate of drug-likeness (QED) is 0.430. The van der Waals surface area contributed by atoms with Crippen molar-refractivity contribution in [3.8, 4) is 0 Å². The molecule has 0 saturated carbocycles. The second-order valence-corrected chi connectivity index (χ2v) is 4.30. The van der Waals surface area contributed by atoms with Gasteiger partial charge in [0, 0.05) is 0 Å². The van der Waals surface area contributed by atoms with E-state index in [-0.39, 0.29) is 11.1 Å². The maximum Gasteiger partial charge on any atom is 0.325 e. The number of allylic oxidation sites excluding steroid dienone is 6. The number of carbonyl (C=O) groups excluding carboxylic acids is 4. The highest BCUT2D eigenvalue weighted by Crippen LogP contribution is 2.21. The van der Waals surface area contributed by atoms with E-state index in [0.717, 1.165) is 0 Å². The van der Waals surface area contributed by atoms with Crippen LogP contribution < -0.4 is 0 Å². The van der Waals surface area contributed by atoms with Crippen LogP contribution in [0.4, 0.5) is 0 Å². The van der Waals surface area contributed by atoms with Crippen LogP contribution in [0.3, 0.4) is 0 Å². The average Bonchev–Trinajstić information content (AvgIpc) is 2.54. The Morgan fingerprint density at radius 2 is 1.24 bits per heavy atom. The van der Waals surface area contributed by atoms with Crippen LogP contribution in [0.25, 0.3) is 0 Å². The zero-order chi connectivity index (χ0) is 15.2. The summed E-state index contributed by atoms with van der Waals surface area (Å²) in [7, 11) is 0. The smallest absolute Gasteiger partial charge is 0.325 e. The molecule has 2 atom stereocenters. The van der Waals surface area contributed by atoms with Crippen molar-refractivity contribution in [3.05, 3.63) is 59.8 Å². The Kier molecular flexibility index (Phi) is 4.42. The van der Waals surface area contributed by atoms with Crippen molar-refractivity contribution in [3.63, 3.8) is 0 Å². The van der Waals surface area contributed by atoms with Crippen molar-refractivity contribution in [2.45, 2.75) is 0 Å². The van der Waals surface area contributed by atoms with Crippen molar-refractivity contribution in [2.75, 3.05) is 0 Å². The first-order chi connectivity index (χ1) is 10.2. The molecule has 0 radical (unpaired) electrons. The van der Waals surface area contributed by atoms with E-state index in [1.165, 1.54) is 24.3 Å². The summed E-state index contributed by atoms with van der Waals surface area (Å²) in [5.74, 6) is -0.440. The van der Waals surface area contributed by atoms with Crippen molar-refractivity contribution < 1.29 is 23.9 Å². The predicted molar refractivity (Wildman–Crippen MR) is 73.1 cm³/mol. The van der Waals surface area contributed by atoms with Crippen LogP contribution in [-0.2, 0) is 23.9 Å². The zero-order valence-electron chi connectivity index (χ0n) is 10.8. The van der Waals surface area contributed by atoms with Crippen LogP contribution >= 0.6 is 0 Å². The van der Waals surface area contributed by atoms with Gasteiger partial charge in [-0.05, 0) is 12.2 Å². The van der Waals surface area contributed by atoms with E-state index in [0.29, 0.717) is 0 Å². The summed E-state index contributed by atoms with van der Waals surface area (Å²) in [6.45, 7) is 0. The van der Waals surface area contributed by atoms with Gasteiger partial charge in [-0.25, -0.2) is 9.59 Å². The number of hydrogen-bond acceptors (Lipinski definition) is 5. The lowest BCUT2D eigenvalue weighted by Crippen LogP contribution is -2.27. The maximum atomic E-state index is 11.9. The van der Waals surface area contributed by atoms with Gasteiger partial charge in [0.15, 0.2) is 0 Å². The van der Waals surface area contributed by atoms with Crippen LogP contribution in [0.2, 0.25) is 0 Å². The van der Waals surface area contributed by atoms with Crippen LogP contribution in [0.15, 0.2) is 59.8 Å². The minimum atomic E-state index is -0.969. The largest absolute Gasteiger partial charge is 0.392 e. The summed E-state index contributed by atoms with van der Waals surface area (Å²) in [5.41, 5.74) is 0.168.